The molecule has 96 valence electrons. The summed E-state index contributed by atoms with van der Waals surface area (Å²) >= 11 is 0. The highest BCUT2D eigenvalue weighted by Gasteiger charge is 2.23. The van der Waals surface area contributed by atoms with Crippen molar-refractivity contribution in [2.75, 3.05) is 13.1 Å². The van der Waals surface area contributed by atoms with Gasteiger partial charge in [-0.15, -0.1) is 0 Å². The molecule has 0 atom stereocenters. The summed E-state index contributed by atoms with van der Waals surface area (Å²) in [6.07, 6.45) is 0. The monoisotopic (exact) mass is 244 g/mol. The fraction of sp³-hybridized carbons (Fsp3) is 0.500. The van der Waals surface area contributed by atoms with E-state index in [4.69, 9.17) is 10.6 Å². The fourth-order valence-corrected chi connectivity index (χ4v) is 1.49. The fourth-order valence-electron chi connectivity index (χ4n) is 1.49. The van der Waals surface area contributed by atoms with Crippen LogP contribution >= 0.6 is 0 Å². The molecule has 0 heterocycles. The summed E-state index contributed by atoms with van der Waals surface area (Å²) in [6, 6.07) is 3.13. The van der Waals surface area contributed by atoms with E-state index in [0.717, 1.165) is 18.2 Å². The molecule has 0 unspecified atom stereocenters. The van der Waals surface area contributed by atoms with Crippen molar-refractivity contribution in [3.05, 3.63) is 29.8 Å². The van der Waals surface area contributed by atoms with Crippen molar-refractivity contribution in [1.82, 2.24) is 5.01 Å². The first-order valence-corrected chi connectivity index (χ1v) is 5.48. The number of halogens is 2. The van der Waals surface area contributed by atoms with Gasteiger partial charge in [-0.25, -0.2) is 13.8 Å². The molecule has 5 heteroatoms. The summed E-state index contributed by atoms with van der Waals surface area (Å²) < 4.78 is 31.8. The molecule has 0 aliphatic heterocycles. The molecular weight excluding hydrogens is 226 g/mol. The Hall–Kier alpha value is -1.20. The van der Waals surface area contributed by atoms with Crippen molar-refractivity contribution < 1.29 is 13.5 Å². The smallest absolute Gasteiger partial charge is 0.165 e. The maximum atomic E-state index is 13.4. The molecule has 0 saturated carbocycles. The second kappa shape index (κ2) is 5.42. The predicted octanol–water partition coefficient (Wildman–Crippen LogP) is 2.32. The van der Waals surface area contributed by atoms with E-state index in [1.54, 1.807) is 18.9 Å². The number of hydrogen-bond donors (Lipinski definition) is 1. The van der Waals surface area contributed by atoms with Gasteiger partial charge in [-0.3, -0.25) is 5.84 Å². The van der Waals surface area contributed by atoms with Crippen LogP contribution in [-0.2, 0) is 0 Å². The number of rotatable bonds is 5. The highest BCUT2D eigenvalue weighted by atomic mass is 19.1. The Kier molecular flexibility index (Phi) is 4.42. The summed E-state index contributed by atoms with van der Waals surface area (Å²) in [7, 11) is 0. The Bertz CT molecular complexity index is 383. The average molecular weight is 244 g/mol. The Labute approximate surface area is 100 Å². The van der Waals surface area contributed by atoms with Gasteiger partial charge < -0.3 is 4.74 Å². The van der Waals surface area contributed by atoms with Gasteiger partial charge in [0.15, 0.2) is 11.6 Å². The molecule has 0 aromatic heterocycles. The van der Waals surface area contributed by atoms with Crippen LogP contribution in [0.25, 0.3) is 0 Å². The van der Waals surface area contributed by atoms with Gasteiger partial charge in [-0.1, -0.05) is 6.92 Å². The van der Waals surface area contributed by atoms with E-state index in [1.165, 1.54) is 0 Å². The first kappa shape index (κ1) is 13.9. The van der Waals surface area contributed by atoms with Crippen molar-refractivity contribution >= 4 is 0 Å². The third kappa shape index (κ3) is 4.28. The highest BCUT2D eigenvalue weighted by molar-refractivity contribution is 5.25. The van der Waals surface area contributed by atoms with Crippen molar-refractivity contribution in [3.8, 4) is 5.75 Å². The number of hydrazine groups is 1. The Morgan fingerprint density at radius 2 is 2.00 bits per heavy atom. The standard InChI is InChI=1S/C12H18F2N2O/c1-4-16(15)8-12(2,3)17-11-7-9(13)5-6-10(11)14/h5-7H,4,8,15H2,1-3H3. The number of likely N-dealkylation sites (N-methyl/N-ethyl adjacent to an activating group) is 1. The van der Waals surface area contributed by atoms with E-state index in [0.29, 0.717) is 13.1 Å². The normalized spacial score (nSPS) is 11.9. The second-order valence-electron chi connectivity index (χ2n) is 4.50. The predicted molar refractivity (Wildman–Crippen MR) is 62.5 cm³/mol. The van der Waals surface area contributed by atoms with Crippen LogP contribution in [-0.4, -0.2) is 23.7 Å². The SMILES string of the molecule is CCN(N)CC(C)(C)Oc1cc(F)ccc1F. The van der Waals surface area contributed by atoms with Crippen LogP contribution in [0, 0.1) is 11.6 Å². The molecule has 0 bridgehead atoms. The van der Waals surface area contributed by atoms with Crippen molar-refractivity contribution in [3.63, 3.8) is 0 Å². The topological polar surface area (TPSA) is 38.5 Å². The number of hydrogen-bond acceptors (Lipinski definition) is 3. The summed E-state index contributed by atoms with van der Waals surface area (Å²) in [6.45, 7) is 6.51. The van der Waals surface area contributed by atoms with Crippen LogP contribution in [0.2, 0.25) is 0 Å². The van der Waals surface area contributed by atoms with Gasteiger partial charge in [0.2, 0.25) is 0 Å². The summed E-state index contributed by atoms with van der Waals surface area (Å²) in [5, 5.41) is 1.55. The van der Waals surface area contributed by atoms with E-state index in [1.807, 2.05) is 6.92 Å². The van der Waals surface area contributed by atoms with E-state index in [-0.39, 0.29) is 5.75 Å². The molecule has 2 N–H and O–H groups in total. The Morgan fingerprint density at radius 3 is 2.59 bits per heavy atom. The molecule has 0 amide bonds. The molecule has 0 aliphatic rings. The molecule has 0 saturated heterocycles. The number of ether oxygens (including phenoxy) is 1. The van der Waals surface area contributed by atoms with Crippen molar-refractivity contribution in [2.24, 2.45) is 5.84 Å². The quantitative estimate of drug-likeness (QED) is 0.638. The molecule has 1 aromatic rings. The maximum Gasteiger partial charge on any atom is 0.165 e. The van der Waals surface area contributed by atoms with Gasteiger partial charge in [-0.2, -0.15) is 0 Å². The molecule has 1 aromatic carbocycles. The molecule has 0 radical (unpaired) electrons. The molecule has 17 heavy (non-hydrogen) atoms. The molecule has 0 fully saturated rings. The van der Waals surface area contributed by atoms with Gasteiger partial charge >= 0.3 is 0 Å². The first-order chi connectivity index (χ1) is 7.84. The van der Waals surface area contributed by atoms with Gasteiger partial charge in [0.25, 0.3) is 0 Å². The van der Waals surface area contributed by atoms with E-state index < -0.39 is 17.2 Å². The zero-order valence-corrected chi connectivity index (χ0v) is 10.3. The van der Waals surface area contributed by atoms with Crippen LogP contribution in [0.5, 0.6) is 5.75 Å². The molecule has 1 rings (SSSR count). The summed E-state index contributed by atoms with van der Waals surface area (Å²) in [5.41, 5.74) is -0.695. The van der Waals surface area contributed by atoms with Crippen molar-refractivity contribution in [1.29, 1.82) is 0 Å². The van der Waals surface area contributed by atoms with Crippen LogP contribution in [0.15, 0.2) is 18.2 Å². The number of benzene rings is 1. The molecule has 3 nitrogen and oxygen atoms in total. The number of nitrogens with zero attached hydrogens (tertiary/aromatic N) is 1. The average Bonchev–Trinajstić information content (AvgIpc) is 2.22. The van der Waals surface area contributed by atoms with E-state index in [2.05, 4.69) is 0 Å². The van der Waals surface area contributed by atoms with E-state index in [9.17, 15) is 8.78 Å². The van der Waals surface area contributed by atoms with Crippen LogP contribution in [0.3, 0.4) is 0 Å². The van der Waals surface area contributed by atoms with Crippen LogP contribution in [0.4, 0.5) is 8.78 Å². The summed E-state index contributed by atoms with van der Waals surface area (Å²) in [5.74, 6) is 4.45. The molecular formula is C12H18F2N2O. The van der Waals surface area contributed by atoms with E-state index >= 15 is 0 Å². The zero-order chi connectivity index (χ0) is 13.1. The minimum Gasteiger partial charge on any atom is -0.483 e. The Morgan fingerprint density at radius 1 is 1.35 bits per heavy atom. The third-order valence-electron chi connectivity index (χ3n) is 2.27. The maximum absolute atomic E-state index is 13.4. The minimum absolute atomic E-state index is 0.0977. The van der Waals surface area contributed by atoms with Crippen molar-refractivity contribution in [2.45, 2.75) is 26.4 Å². The van der Waals surface area contributed by atoms with Gasteiger partial charge in [0.05, 0.1) is 6.54 Å². The highest BCUT2D eigenvalue weighted by Crippen LogP contribution is 2.23. The third-order valence-corrected chi connectivity index (χ3v) is 2.27. The lowest BCUT2D eigenvalue weighted by Crippen LogP contribution is -2.46. The lowest BCUT2D eigenvalue weighted by molar-refractivity contribution is 0.0574. The minimum atomic E-state index is -0.695. The van der Waals surface area contributed by atoms with Gasteiger partial charge in [0, 0.05) is 12.6 Å². The summed E-state index contributed by atoms with van der Waals surface area (Å²) in [4.78, 5) is 0. The van der Waals surface area contributed by atoms with Crippen LogP contribution < -0.4 is 10.6 Å². The zero-order valence-electron chi connectivity index (χ0n) is 10.3. The Balaban J connectivity index is 2.78. The lowest BCUT2D eigenvalue weighted by Gasteiger charge is -2.30. The molecule has 0 aliphatic carbocycles. The van der Waals surface area contributed by atoms with Gasteiger partial charge in [-0.05, 0) is 26.0 Å². The molecule has 0 spiro atoms. The number of nitrogens with two attached hydrogens (primary N) is 1. The largest absolute Gasteiger partial charge is 0.483 e. The van der Waals surface area contributed by atoms with Gasteiger partial charge in [0.1, 0.15) is 11.4 Å². The second-order valence-corrected chi connectivity index (χ2v) is 4.50. The lowest BCUT2D eigenvalue weighted by atomic mass is 10.1. The first-order valence-electron chi connectivity index (χ1n) is 5.48. The van der Waals surface area contributed by atoms with Crippen LogP contribution in [0.1, 0.15) is 20.8 Å².